The lowest BCUT2D eigenvalue weighted by Gasteiger charge is -2.11. The van der Waals surface area contributed by atoms with Gasteiger partial charge in [0.15, 0.2) is 0 Å². The van der Waals surface area contributed by atoms with E-state index in [1.807, 2.05) is 13.8 Å². The average molecular weight is 299 g/mol. The van der Waals surface area contributed by atoms with E-state index in [2.05, 4.69) is 5.10 Å². The van der Waals surface area contributed by atoms with Crippen molar-refractivity contribution >= 4 is 11.6 Å². The molecule has 2 aromatic rings. The number of nitrogens with zero attached hydrogens (tertiary/aromatic N) is 2. The van der Waals surface area contributed by atoms with Gasteiger partial charge in [-0.1, -0.05) is 11.6 Å². The Balaban J connectivity index is 2.21. The van der Waals surface area contributed by atoms with Gasteiger partial charge in [0, 0.05) is 12.1 Å². The van der Waals surface area contributed by atoms with Crippen molar-refractivity contribution < 1.29 is 14.2 Å². The van der Waals surface area contributed by atoms with Crippen LogP contribution in [0.3, 0.4) is 0 Å². The molecule has 1 aromatic carbocycles. The molecule has 0 aliphatic carbocycles. The van der Waals surface area contributed by atoms with Crippen LogP contribution in [0.25, 0.3) is 0 Å². The monoisotopic (exact) mass is 298 g/mol. The molecule has 108 valence electrons. The van der Waals surface area contributed by atoms with Gasteiger partial charge in [-0.25, -0.2) is 4.39 Å². The summed E-state index contributed by atoms with van der Waals surface area (Å²) < 4.78 is 20.5. The first-order valence-corrected chi connectivity index (χ1v) is 6.68. The van der Waals surface area contributed by atoms with Crippen LogP contribution in [0.4, 0.5) is 4.39 Å². The van der Waals surface area contributed by atoms with Crippen molar-refractivity contribution in [2.24, 2.45) is 0 Å². The van der Waals surface area contributed by atoms with Crippen molar-refractivity contribution in [2.45, 2.75) is 33.6 Å². The van der Waals surface area contributed by atoms with E-state index in [9.17, 15) is 9.50 Å². The van der Waals surface area contributed by atoms with Crippen molar-refractivity contribution in [1.29, 1.82) is 0 Å². The SMILES string of the molecule is CCn1nc(C)c(Cl)c1COc1ccc(F)cc1CO. The van der Waals surface area contributed by atoms with Crippen LogP contribution in [0.5, 0.6) is 5.75 Å². The van der Waals surface area contributed by atoms with Gasteiger partial charge in [0.1, 0.15) is 18.2 Å². The van der Waals surface area contributed by atoms with E-state index in [-0.39, 0.29) is 13.2 Å². The topological polar surface area (TPSA) is 47.3 Å². The molecule has 0 amide bonds. The maximum Gasteiger partial charge on any atom is 0.131 e. The van der Waals surface area contributed by atoms with Gasteiger partial charge in [0.25, 0.3) is 0 Å². The summed E-state index contributed by atoms with van der Waals surface area (Å²) in [5.74, 6) is 0.0281. The second-order valence-electron chi connectivity index (χ2n) is 4.36. The van der Waals surface area contributed by atoms with E-state index in [4.69, 9.17) is 16.3 Å². The minimum absolute atomic E-state index is 0.214. The first kappa shape index (κ1) is 14.8. The summed E-state index contributed by atoms with van der Waals surface area (Å²) in [5.41, 5.74) is 1.91. The number of aryl methyl sites for hydroxylation is 2. The Labute approximate surface area is 121 Å². The molecule has 0 unspecified atom stereocenters. The van der Waals surface area contributed by atoms with Gasteiger partial charge < -0.3 is 9.84 Å². The number of rotatable bonds is 5. The van der Waals surface area contributed by atoms with Gasteiger partial charge in [-0.2, -0.15) is 5.10 Å². The molecule has 1 heterocycles. The van der Waals surface area contributed by atoms with Crippen molar-refractivity contribution in [1.82, 2.24) is 9.78 Å². The van der Waals surface area contributed by atoms with Crippen molar-refractivity contribution in [2.75, 3.05) is 0 Å². The van der Waals surface area contributed by atoms with E-state index in [1.54, 1.807) is 4.68 Å². The Morgan fingerprint density at radius 2 is 2.20 bits per heavy atom. The van der Waals surface area contributed by atoms with E-state index in [0.29, 0.717) is 22.9 Å². The number of ether oxygens (including phenoxy) is 1. The summed E-state index contributed by atoms with van der Waals surface area (Å²) in [5, 5.41) is 14.1. The van der Waals surface area contributed by atoms with Crippen LogP contribution in [0, 0.1) is 12.7 Å². The van der Waals surface area contributed by atoms with Gasteiger partial charge in [-0.15, -0.1) is 0 Å². The minimum Gasteiger partial charge on any atom is -0.487 e. The maximum atomic E-state index is 13.1. The fourth-order valence-electron chi connectivity index (χ4n) is 1.97. The zero-order valence-electron chi connectivity index (χ0n) is 11.4. The molecule has 0 radical (unpaired) electrons. The summed E-state index contributed by atoms with van der Waals surface area (Å²) in [4.78, 5) is 0. The lowest BCUT2D eigenvalue weighted by atomic mass is 10.2. The predicted octanol–water partition coefficient (Wildman–Crippen LogP) is 3.08. The molecule has 4 nitrogen and oxygen atoms in total. The Hall–Kier alpha value is -1.59. The van der Waals surface area contributed by atoms with E-state index in [1.165, 1.54) is 18.2 Å². The van der Waals surface area contributed by atoms with Crippen LogP contribution in [-0.4, -0.2) is 14.9 Å². The zero-order valence-corrected chi connectivity index (χ0v) is 12.1. The molecule has 20 heavy (non-hydrogen) atoms. The molecule has 0 bridgehead atoms. The van der Waals surface area contributed by atoms with Crippen molar-refractivity contribution in [3.8, 4) is 5.75 Å². The summed E-state index contributed by atoms with van der Waals surface area (Å²) in [6.45, 7) is 4.40. The number of hydrogen-bond donors (Lipinski definition) is 1. The number of hydrogen-bond acceptors (Lipinski definition) is 3. The van der Waals surface area contributed by atoms with Crippen molar-refractivity contribution in [3.63, 3.8) is 0 Å². The summed E-state index contributed by atoms with van der Waals surface area (Å²) in [7, 11) is 0. The molecule has 0 saturated carbocycles. The van der Waals surface area contributed by atoms with Crippen LogP contribution in [-0.2, 0) is 19.8 Å². The number of aromatic nitrogens is 2. The number of aliphatic hydroxyl groups is 1. The van der Waals surface area contributed by atoms with Gasteiger partial charge in [0.2, 0.25) is 0 Å². The Bertz CT molecular complexity index is 613. The third-order valence-electron chi connectivity index (χ3n) is 3.01. The quantitative estimate of drug-likeness (QED) is 0.923. The molecule has 0 fully saturated rings. The summed E-state index contributed by atoms with van der Waals surface area (Å²) in [6, 6.07) is 4.03. The van der Waals surface area contributed by atoms with Crippen LogP contribution in [0.2, 0.25) is 5.02 Å². The fourth-order valence-corrected chi connectivity index (χ4v) is 2.16. The average Bonchev–Trinajstić information content (AvgIpc) is 2.72. The van der Waals surface area contributed by atoms with Gasteiger partial charge >= 0.3 is 0 Å². The first-order chi connectivity index (χ1) is 9.56. The molecule has 0 atom stereocenters. The predicted molar refractivity (Wildman–Crippen MR) is 74.3 cm³/mol. The Morgan fingerprint density at radius 1 is 1.45 bits per heavy atom. The van der Waals surface area contributed by atoms with E-state index < -0.39 is 5.82 Å². The molecule has 1 N–H and O–H groups in total. The Kier molecular flexibility index (Phi) is 4.62. The fraction of sp³-hybridized carbons (Fsp3) is 0.357. The molecule has 0 spiro atoms. The lowest BCUT2D eigenvalue weighted by molar-refractivity contribution is 0.254. The number of aliphatic hydroxyl groups excluding tert-OH is 1. The number of halogens is 2. The van der Waals surface area contributed by atoms with Crippen molar-refractivity contribution in [3.05, 3.63) is 46.0 Å². The third-order valence-corrected chi connectivity index (χ3v) is 3.50. The highest BCUT2D eigenvalue weighted by Gasteiger charge is 2.14. The highest BCUT2D eigenvalue weighted by Crippen LogP contribution is 2.24. The standard InChI is InChI=1S/C14H16ClFN2O2/c1-3-18-12(14(15)9(2)17-18)8-20-13-5-4-11(16)6-10(13)7-19/h4-6,19H,3,7-8H2,1-2H3. The van der Waals surface area contributed by atoms with E-state index in [0.717, 1.165) is 11.4 Å². The maximum absolute atomic E-state index is 13.1. The summed E-state index contributed by atoms with van der Waals surface area (Å²) >= 11 is 6.19. The minimum atomic E-state index is -0.408. The number of benzene rings is 1. The van der Waals surface area contributed by atoms with Gasteiger partial charge in [0.05, 0.1) is 23.0 Å². The highest BCUT2D eigenvalue weighted by molar-refractivity contribution is 6.31. The van der Waals surface area contributed by atoms with Gasteiger partial charge in [-0.3, -0.25) is 4.68 Å². The second kappa shape index (κ2) is 6.24. The first-order valence-electron chi connectivity index (χ1n) is 6.30. The van der Waals surface area contributed by atoms with Crippen LogP contribution >= 0.6 is 11.6 Å². The second-order valence-corrected chi connectivity index (χ2v) is 4.74. The zero-order chi connectivity index (χ0) is 14.7. The molecular weight excluding hydrogens is 283 g/mol. The molecule has 2 rings (SSSR count). The summed E-state index contributed by atoms with van der Waals surface area (Å²) in [6.07, 6.45) is 0. The lowest BCUT2D eigenvalue weighted by Crippen LogP contribution is -2.07. The molecule has 0 aliphatic heterocycles. The molecular formula is C14H16ClFN2O2. The van der Waals surface area contributed by atoms with Crippen LogP contribution < -0.4 is 4.74 Å². The van der Waals surface area contributed by atoms with Crippen LogP contribution in [0.1, 0.15) is 23.9 Å². The normalized spacial score (nSPS) is 10.8. The van der Waals surface area contributed by atoms with Gasteiger partial charge in [-0.05, 0) is 32.0 Å². The molecule has 0 aliphatic rings. The molecule has 1 aromatic heterocycles. The molecule has 6 heteroatoms. The largest absolute Gasteiger partial charge is 0.487 e. The van der Waals surface area contributed by atoms with Crippen LogP contribution in [0.15, 0.2) is 18.2 Å². The third kappa shape index (κ3) is 2.94. The Morgan fingerprint density at radius 3 is 2.85 bits per heavy atom. The smallest absolute Gasteiger partial charge is 0.131 e. The highest BCUT2D eigenvalue weighted by atomic mass is 35.5. The van der Waals surface area contributed by atoms with E-state index >= 15 is 0 Å². The molecule has 0 saturated heterocycles.